The van der Waals surface area contributed by atoms with Gasteiger partial charge in [0.1, 0.15) is 0 Å². The van der Waals surface area contributed by atoms with E-state index in [4.69, 9.17) is 9.47 Å². The molecule has 2 aliphatic heterocycles. The van der Waals surface area contributed by atoms with Gasteiger partial charge in [-0.25, -0.2) is 10.9 Å². The summed E-state index contributed by atoms with van der Waals surface area (Å²) in [5.74, 6) is 1.92. The van der Waals surface area contributed by atoms with Crippen LogP contribution in [0.3, 0.4) is 0 Å². The normalized spacial score (nSPS) is 22.0. The molecule has 0 aromatic heterocycles. The van der Waals surface area contributed by atoms with Gasteiger partial charge in [0.15, 0.2) is 11.5 Å². The Balaban J connectivity index is 1.57. The molecule has 3 aromatic carbocycles. The van der Waals surface area contributed by atoms with Crippen LogP contribution in [0.2, 0.25) is 0 Å². The largest absolute Gasteiger partial charge is 0.493 e. The van der Waals surface area contributed by atoms with Crippen molar-refractivity contribution in [2.75, 3.05) is 25.7 Å². The van der Waals surface area contributed by atoms with Crippen LogP contribution in [-0.2, 0) is 6.54 Å². The van der Waals surface area contributed by atoms with Crippen molar-refractivity contribution in [1.82, 2.24) is 10.9 Å². The van der Waals surface area contributed by atoms with E-state index in [1.54, 1.807) is 14.2 Å². The first-order chi connectivity index (χ1) is 15.2. The number of nitrogens with one attached hydrogen (secondary N) is 2. The highest BCUT2D eigenvalue weighted by molar-refractivity contribution is 5.65. The number of hydrazine groups is 1. The van der Waals surface area contributed by atoms with Crippen LogP contribution < -0.4 is 25.2 Å². The maximum atomic E-state index is 5.64. The molecule has 5 heteroatoms. The molecule has 0 radical (unpaired) electrons. The van der Waals surface area contributed by atoms with E-state index in [1.165, 1.54) is 27.9 Å². The minimum Gasteiger partial charge on any atom is -0.493 e. The highest BCUT2D eigenvalue weighted by Crippen LogP contribution is 2.48. The molecule has 0 spiro atoms. The maximum absolute atomic E-state index is 5.64. The number of hydrogen-bond acceptors (Lipinski definition) is 5. The maximum Gasteiger partial charge on any atom is 0.162 e. The highest BCUT2D eigenvalue weighted by Gasteiger charge is 2.43. The molecule has 3 unspecified atom stereocenters. The molecule has 1 saturated heterocycles. The third kappa shape index (κ3) is 3.64. The topological polar surface area (TPSA) is 45.8 Å². The summed E-state index contributed by atoms with van der Waals surface area (Å²) in [6, 6.07) is 24.2. The van der Waals surface area contributed by atoms with Gasteiger partial charge in [-0.05, 0) is 29.7 Å². The van der Waals surface area contributed by atoms with E-state index < -0.39 is 0 Å². The predicted molar refractivity (Wildman–Crippen MR) is 123 cm³/mol. The average Bonchev–Trinajstić information content (AvgIpc) is 3.23. The van der Waals surface area contributed by atoms with Crippen molar-refractivity contribution in [2.45, 2.75) is 25.6 Å². The molecule has 5 rings (SSSR count). The lowest BCUT2D eigenvalue weighted by molar-refractivity contribution is 0.350. The second-order valence-corrected chi connectivity index (χ2v) is 8.45. The van der Waals surface area contributed by atoms with Gasteiger partial charge in [-0.3, -0.25) is 0 Å². The van der Waals surface area contributed by atoms with E-state index in [1.807, 2.05) is 0 Å². The van der Waals surface area contributed by atoms with Crippen molar-refractivity contribution in [3.8, 4) is 11.5 Å². The molecule has 1 fully saturated rings. The summed E-state index contributed by atoms with van der Waals surface area (Å²) in [6.45, 7) is 3.95. The zero-order valence-corrected chi connectivity index (χ0v) is 18.3. The van der Waals surface area contributed by atoms with Crippen LogP contribution in [0.1, 0.15) is 34.3 Å². The molecule has 3 atom stereocenters. The Labute approximate surface area is 184 Å². The minimum absolute atomic E-state index is 0.203. The van der Waals surface area contributed by atoms with Crippen molar-refractivity contribution < 1.29 is 9.47 Å². The molecule has 2 aliphatic rings. The lowest BCUT2D eigenvalue weighted by Crippen LogP contribution is -2.39. The number of methoxy groups -OCH3 is 2. The van der Waals surface area contributed by atoms with Crippen LogP contribution in [0, 0.1) is 12.8 Å². The van der Waals surface area contributed by atoms with E-state index >= 15 is 0 Å². The van der Waals surface area contributed by atoms with Crippen molar-refractivity contribution >= 4 is 5.69 Å². The van der Waals surface area contributed by atoms with E-state index in [0.717, 1.165) is 24.6 Å². The molecule has 31 heavy (non-hydrogen) atoms. The van der Waals surface area contributed by atoms with Crippen LogP contribution in [0.15, 0.2) is 66.7 Å². The van der Waals surface area contributed by atoms with Gasteiger partial charge in [0.2, 0.25) is 0 Å². The third-order valence-corrected chi connectivity index (χ3v) is 6.51. The van der Waals surface area contributed by atoms with E-state index in [0.29, 0.717) is 5.92 Å². The van der Waals surface area contributed by atoms with E-state index in [9.17, 15) is 0 Å². The smallest absolute Gasteiger partial charge is 0.162 e. The number of aryl methyl sites for hydroxylation is 1. The molecule has 0 bridgehead atoms. The Hall–Kier alpha value is -3.02. The molecule has 0 aliphatic carbocycles. The standard InChI is InChI=1S/C26H29N3O2/c1-17-8-7-9-18(12-17)15-29-16-21-25(19-10-5-4-6-11-19)27-28-26(21)20-13-23(30-2)24(31-3)14-22(20)29/h4-14,21,25-28H,15-16H2,1-3H3. The molecule has 2 heterocycles. The molecule has 5 nitrogen and oxygen atoms in total. The van der Waals surface area contributed by atoms with Crippen LogP contribution in [0.25, 0.3) is 0 Å². The third-order valence-electron chi connectivity index (χ3n) is 6.51. The summed E-state index contributed by atoms with van der Waals surface area (Å²) in [7, 11) is 3.39. The zero-order chi connectivity index (χ0) is 21.4. The number of benzene rings is 3. The van der Waals surface area contributed by atoms with Crippen molar-refractivity contribution in [3.05, 3.63) is 89.0 Å². The van der Waals surface area contributed by atoms with Gasteiger partial charge in [-0.15, -0.1) is 0 Å². The monoisotopic (exact) mass is 415 g/mol. The summed E-state index contributed by atoms with van der Waals surface area (Å²) < 4.78 is 11.3. The fourth-order valence-corrected chi connectivity index (χ4v) is 5.04. The Kier molecular flexibility index (Phi) is 5.30. The van der Waals surface area contributed by atoms with Crippen molar-refractivity contribution in [2.24, 2.45) is 5.92 Å². The molecule has 3 aromatic rings. The molecular formula is C26H29N3O2. The minimum atomic E-state index is 0.203. The van der Waals surface area contributed by atoms with Crippen LogP contribution in [0.5, 0.6) is 11.5 Å². The Morgan fingerprint density at radius 3 is 2.35 bits per heavy atom. The van der Waals surface area contributed by atoms with Gasteiger partial charge < -0.3 is 14.4 Å². The number of fused-ring (bicyclic) bond motifs is 3. The summed E-state index contributed by atoms with van der Waals surface area (Å²) in [5, 5.41) is 0. The Bertz CT molecular complexity index is 1070. The number of anilines is 1. The second kappa shape index (κ2) is 8.25. The molecule has 2 N–H and O–H groups in total. The van der Waals surface area contributed by atoms with Gasteiger partial charge in [0.05, 0.1) is 26.3 Å². The molecule has 0 amide bonds. The summed E-state index contributed by atoms with van der Waals surface area (Å²) in [6.07, 6.45) is 0. The molecule has 160 valence electrons. The number of rotatable bonds is 5. The van der Waals surface area contributed by atoms with Gasteiger partial charge in [-0.1, -0.05) is 60.2 Å². The van der Waals surface area contributed by atoms with Gasteiger partial charge in [0, 0.05) is 30.8 Å². The second-order valence-electron chi connectivity index (χ2n) is 8.45. The summed E-state index contributed by atoms with van der Waals surface area (Å²) >= 11 is 0. The number of nitrogens with zero attached hydrogens (tertiary/aromatic N) is 1. The van der Waals surface area contributed by atoms with Crippen molar-refractivity contribution in [1.29, 1.82) is 0 Å². The highest BCUT2D eigenvalue weighted by atomic mass is 16.5. The zero-order valence-electron chi connectivity index (χ0n) is 18.3. The van der Waals surface area contributed by atoms with E-state index in [-0.39, 0.29) is 12.1 Å². The lowest BCUT2D eigenvalue weighted by Gasteiger charge is -2.39. The first-order valence-corrected chi connectivity index (χ1v) is 10.8. The first-order valence-electron chi connectivity index (χ1n) is 10.8. The fourth-order valence-electron chi connectivity index (χ4n) is 5.04. The van der Waals surface area contributed by atoms with Gasteiger partial charge >= 0.3 is 0 Å². The van der Waals surface area contributed by atoms with Crippen LogP contribution in [0.4, 0.5) is 5.69 Å². The Morgan fingerprint density at radius 2 is 1.61 bits per heavy atom. The first kappa shape index (κ1) is 19.9. The van der Waals surface area contributed by atoms with Crippen LogP contribution in [-0.4, -0.2) is 20.8 Å². The molecular weight excluding hydrogens is 386 g/mol. The lowest BCUT2D eigenvalue weighted by atomic mass is 9.81. The quantitative estimate of drug-likeness (QED) is 0.641. The predicted octanol–water partition coefficient (Wildman–Crippen LogP) is 4.54. The average molecular weight is 416 g/mol. The Morgan fingerprint density at radius 1 is 0.871 bits per heavy atom. The SMILES string of the molecule is COc1cc2c(cc1OC)N(Cc1cccc(C)c1)CC1C(c3ccccc3)NNC21. The summed E-state index contributed by atoms with van der Waals surface area (Å²) in [4.78, 5) is 2.48. The van der Waals surface area contributed by atoms with E-state index in [2.05, 4.69) is 89.4 Å². The van der Waals surface area contributed by atoms with Crippen molar-refractivity contribution in [3.63, 3.8) is 0 Å². The number of ether oxygens (including phenoxy) is 2. The van der Waals surface area contributed by atoms with Crippen LogP contribution >= 0.6 is 0 Å². The van der Waals surface area contributed by atoms with Gasteiger partial charge in [-0.2, -0.15) is 0 Å². The van der Waals surface area contributed by atoms with Gasteiger partial charge in [0.25, 0.3) is 0 Å². The fraction of sp³-hybridized carbons (Fsp3) is 0.308. The summed E-state index contributed by atoms with van der Waals surface area (Å²) in [5.41, 5.74) is 13.5. The number of hydrogen-bond donors (Lipinski definition) is 2. The molecule has 0 saturated carbocycles.